The molecule has 0 unspecified atom stereocenters. The second-order valence-electron chi connectivity index (χ2n) is 7.05. The van der Waals surface area contributed by atoms with Gasteiger partial charge in [0.1, 0.15) is 5.82 Å². The SMILES string of the molecule is CCc1ccncc1-c1cc(N)c2cnc(NC(=O)[C@H]3C[C@H]3C)cc2c1. The average molecular weight is 346 g/mol. The van der Waals surface area contributed by atoms with Crippen LogP contribution in [0.5, 0.6) is 0 Å². The highest BCUT2D eigenvalue weighted by Gasteiger charge is 2.39. The van der Waals surface area contributed by atoms with E-state index in [1.54, 1.807) is 6.20 Å². The Bertz CT molecular complexity index is 998. The maximum Gasteiger partial charge on any atom is 0.228 e. The molecule has 5 heteroatoms. The predicted octanol–water partition coefficient (Wildman–Crippen LogP) is 4.04. The lowest BCUT2D eigenvalue weighted by atomic mass is 9.97. The largest absolute Gasteiger partial charge is 0.398 e. The molecule has 2 heterocycles. The smallest absolute Gasteiger partial charge is 0.228 e. The molecule has 3 N–H and O–H groups in total. The zero-order valence-electron chi connectivity index (χ0n) is 15.0. The van der Waals surface area contributed by atoms with Gasteiger partial charge in [-0.25, -0.2) is 4.98 Å². The number of hydrogen-bond donors (Lipinski definition) is 2. The molecule has 4 rings (SSSR count). The van der Waals surface area contributed by atoms with E-state index in [4.69, 9.17) is 5.73 Å². The fourth-order valence-corrected chi connectivity index (χ4v) is 3.41. The number of nitrogens with two attached hydrogens (primary N) is 1. The van der Waals surface area contributed by atoms with Crippen LogP contribution < -0.4 is 11.1 Å². The van der Waals surface area contributed by atoms with Crippen LogP contribution in [0.1, 0.15) is 25.8 Å². The van der Waals surface area contributed by atoms with Gasteiger partial charge in [-0.3, -0.25) is 9.78 Å². The Balaban J connectivity index is 1.73. The number of anilines is 2. The highest BCUT2D eigenvalue weighted by molar-refractivity contribution is 6.00. The van der Waals surface area contributed by atoms with Crippen LogP contribution in [0.15, 0.2) is 42.9 Å². The van der Waals surface area contributed by atoms with Gasteiger partial charge in [0, 0.05) is 41.1 Å². The van der Waals surface area contributed by atoms with Gasteiger partial charge in [-0.15, -0.1) is 0 Å². The van der Waals surface area contributed by atoms with Crippen molar-refractivity contribution in [1.29, 1.82) is 0 Å². The Morgan fingerprint density at radius 3 is 2.85 bits per heavy atom. The van der Waals surface area contributed by atoms with E-state index in [0.717, 1.165) is 34.7 Å². The number of nitrogen functional groups attached to an aromatic ring is 1. The third-order valence-corrected chi connectivity index (χ3v) is 5.17. The third kappa shape index (κ3) is 3.01. The van der Waals surface area contributed by atoms with Crippen LogP contribution in [-0.4, -0.2) is 15.9 Å². The molecule has 2 atom stereocenters. The number of aromatic nitrogens is 2. The molecule has 1 saturated carbocycles. The quantitative estimate of drug-likeness (QED) is 0.699. The first kappa shape index (κ1) is 16.5. The number of carbonyl (C=O) groups is 1. The summed E-state index contributed by atoms with van der Waals surface area (Å²) >= 11 is 0. The fourth-order valence-electron chi connectivity index (χ4n) is 3.41. The summed E-state index contributed by atoms with van der Waals surface area (Å²) < 4.78 is 0. The summed E-state index contributed by atoms with van der Waals surface area (Å²) in [6.45, 7) is 4.21. The van der Waals surface area contributed by atoms with E-state index in [9.17, 15) is 4.79 Å². The molecule has 1 amide bonds. The first-order valence-electron chi connectivity index (χ1n) is 9.00. The number of nitrogens with zero attached hydrogens (tertiary/aromatic N) is 2. The van der Waals surface area contributed by atoms with E-state index < -0.39 is 0 Å². The van der Waals surface area contributed by atoms with E-state index >= 15 is 0 Å². The van der Waals surface area contributed by atoms with E-state index in [-0.39, 0.29) is 11.8 Å². The minimum atomic E-state index is 0.0500. The Morgan fingerprint density at radius 2 is 2.12 bits per heavy atom. The van der Waals surface area contributed by atoms with Crippen molar-refractivity contribution in [2.24, 2.45) is 11.8 Å². The third-order valence-electron chi connectivity index (χ3n) is 5.17. The predicted molar refractivity (Wildman–Crippen MR) is 105 cm³/mol. The summed E-state index contributed by atoms with van der Waals surface area (Å²) in [5, 5.41) is 4.77. The second-order valence-corrected chi connectivity index (χ2v) is 7.05. The standard InChI is InChI=1S/C21H22N4O/c1-3-13-4-5-23-10-17(13)14-7-15-9-20(24-11-18(15)19(22)8-14)25-21(26)16-6-12(16)2/h4-5,7-12,16H,3,6,22H2,1-2H3,(H,24,25,26)/t12-,16+/m1/s1. The number of carbonyl (C=O) groups excluding carboxylic acids is 1. The Labute approximate surface area is 152 Å². The van der Waals surface area contributed by atoms with Gasteiger partial charge < -0.3 is 11.1 Å². The summed E-state index contributed by atoms with van der Waals surface area (Å²) in [4.78, 5) is 20.8. The highest BCUT2D eigenvalue weighted by atomic mass is 16.2. The summed E-state index contributed by atoms with van der Waals surface area (Å²) in [5.74, 6) is 1.20. The Morgan fingerprint density at radius 1 is 1.31 bits per heavy atom. The molecule has 0 aliphatic heterocycles. The van der Waals surface area contributed by atoms with Gasteiger partial charge in [-0.1, -0.05) is 13.8 Å². The molecule has 0 spiro atoms. The van der Waals surface area contributed by atoms with Crippen LogP contribution in [0.3, 0.4) is 0 Å². The molecule has 1 aliphatic carbocycles. The van der Waals surface area contributed by atoms with Crippen LogP contribution in [0.25, 0.3) is 21.9 Å². The molecule has 2 aromatic heterocycles. The lowest BCUT2D eigenvalue weighted by molar-refractivity contribution is -0.117. The van der Waals surface area contributed by atoms with Gasteiger partial charge in [0.2, 0.25) is 5.91 Å². The van der Waals surface area contributed by atoms with Crippen LogP contribution >= 0.6 is 0 Å². The summed E-state index contributed by atoms with van der Waals surface area (Å²) in [5.41, 5.74) is 10.3. The number of aryl methyl sites for hydroxylation is 1. The van der Waals surface area contributed by atoms with Crippen molar-refractivity contribution in [3.8, 4) is 11.1 Å². The lowest BCUT2D eigenvalue weighted by Crippen LogP contribution is -2.15. The minimum absolute atomic E-state index is 0.0500. The average Bonchev–Trinajstić information content (AvgIpc) is 3.38. The number of benzene rings is 1. The van der Waals surface area contributed by atoms with Crippen molar-refractivity contribution in [3.05, 3.63) is 48.4 Å². The molecule has 132 valence electrons. The zero-order chi connectivity index (χ0) is 18.3. The lowest BCUT2D eigenvalue weighted by Gasteiger charge is -2.11. The van der Waals surface area contributed by atoms with Gasteiger partial charge in [-0.2, -0.15) is 0 Å². The van der Waals surface area contributed by atoms with Crippen molar-refractivity contribution in [2.75, 3.05) is 11.1 Å². The minimum Gasteiger partial charge on any atom is -0.398 e. The molecule has 1 fully saturated rings. The summed E-state index contributed by atoms with van der Waals surface area (Å²) in [6, 6.07) is 7.97. The van der Waals surface area contributed by atoms with E-state index in [2.05, 4.69) is 35.2 Å². The van der Waals surface area contributed by atoms with Gasteiger partial charge in [0.25, 0.3) is 0 Å². The molecule has 0 saturated heterocycles. The van der Waals surface area contributed by atoms with Crippen molar-refractivity contribution >= 4 is 28.2 Å². The van der Waals surface area contributed by atoms with Crippen LogP contribution in [0.2, 0.25) is 0 Å². The van der Waals surface area contributed by atoms with Gasteiger partial charge >= 0.3 is 0 Å². The number of amides is 1. The zero-order valence-corrected chi connectivity index (χ0v) is 15.0. The monoisotopic (exact) mass is 346 g/mol. The molecule has 5 nitrogen and oxygen atoms in total. The van der Waals surface area contributed by atoms with Crippen molar-refractivity contribution in [3.63, 3.8) is 0 Å². The molecule has 1 aliphatic rings. The van der Waals surface area contributed by atoms with E-state index in [0.29, 0.717) is 17.4 Å². The molecule has 1 aromatic carbocycles. The number of rotatable bonds is 4. The molecule has 3 aromatic rings. The Hall–Kier alpha value is -2.95. The molecule has 0 bridgehead atoms. The molecule has 0 radical (unpaired) electrons. The summed E-state index contributed by atoms with van der Waals surface area (Å²) in [7, 11) is 0. The maximum absolute atomic E-state index is 12.2. The highest BCUT2D eigenvalue weighted by Crippen LogP contribution is 2.38. The van der Waals surface area contributed by atoms with Crippen molar-refractivity contribution in [2.45, 2.75) is 26.7 Å². The van der Waals surface area contributed by atoms with Crippen molar-refractivity contribution in [1.82, 2.24) is 9.97 Å². The molecule has 26 heavy (non-hydrogen) atoms. The number of pyridine rings is 2. The number of hydrogen-bond acceptors (Lipinski definition) is 4. The fraction of sp³-hybridized carbons (Fsp3) is 0.286. The first-order valence-corrected chi connectivity index (χ1v) is 9.00. The number of fused-ring (bicyclic) bond motifs is 1. The van der Waals surface area contributed by atoms with E-state index in [1.165, 1.54) is 5.56 Å². The van der Waals surface area contributed by atoms with Crippen LogP contribution in [0.4, 0.5) is 11.5 Å². The normalized spacial score (nSPS) is 18.7. The van der Waals surface area contributed by atoms with E-state index in [1.807, 2.05) is 30.6 Å². The van der Waals surface area contributed by atoms with Gasteiger partial charge in [0.15, 0.2) is 0 Å². The summed E-state index contributed by atoms with van der Waals surface area (Å²) in [6.07, 6.45) is 7.29. The Kier molecular flexibility index (Phi) is 4.07. The van der Waals surface area contributed by atoms with Gasteiger partial charge in [0.05, 0.1) is 0 Å². The van der Waals surface area contributed by atoms with Crippen molar-refractivity contribution < 1.29 is 4.79 Å². The maximum atomic E-state index is 12.2. The van der Waals surface area contributed by atoms with Crippen LogP contribution in [-0.2, 0) is 11.2 Å². The molecular weight excluding hydrogens is 324 g/mol. The van der Waals surface area contributed by atoms with Crippen LogP contribution in [0, 0.1) is 11.8 Å². The topological polar surface area (TPSA) is 80.9 Å². The number of nitrogens with one attached hydrogen (secondary N) is 1. The van der Waals surface area contributed by atoms with Gasteiger partial charge in [-0.05, 0) is 59.5 Å². The molecular formula is C21H22N4O. The second kappa shape index (κ2) is 6.41. The first-order chi connectivity index (χ1) is 12.6.